The molecule has 0 fully saturated rings. The average molecular weight is 245 g/mol. The fraction of sp³-hybridized carbons (Fsp3) is 0.167. The third-order valence-electron chi connectivity index (χ3n) is 2.98. The third-order valence-corrected chi connectivity index (χ3v) is 2.98. The van der Waals surface area contributed by atoms with E-state index in [4.69, 9.17) is 5.73 Å². The number of benzene rings is 1. The number of imidazole rings is 1. The van der Waals surface area contributed by atoms with Gasteiger partial charge in [0.25, 0.3) is 0 Å². The highest BCUT2D eigenvalue weighted by molar-refractivity contribution is 5.78. The number of halogens is 1. The molecule has 2 aromatic heterocycles. The van der Waals surface area contributed by atoms with Crippen LogP contribution in [0.3, 0.4) is 0 Å². The summed E-state index contributed by atoms with van der Waals surface area (Å²) in [5.74, 6) is 0.0597. The van der Waals surface area contributed by atoms with Gasteiger partial charge in [0.05, 0.1) is 23.3 Å². The Balaban J connectivity index is 2.11. The first kappa shape index (κ1) is 10.8. The van der Waals surface area contributed by atoms with Crippen LogP contribution in [-0.2, 0) is 13.6 Å². The molecular weight excluding hydrogens is 233 g/mol. The predicted molar refractivity (Wildman–Crippen MR) is 66.4 cm³/mol. The Kier molecular flexibility index (Phi) is 2.29. The van der Waals surface area contributed by atoms with Crippen molar-refractivity contribution in [2.45, 2.75) is 6.54 Å². The average Bonchev–Trinajstić information content (AvgIpc) is 2.85. The molecular formula is C12H12FN5. The number of rotatable bonds is 2. The van der Waals surface area contributed by atoms with Gasteiger partial charge < -0.3 is 10.3 Å². The van der Waals surface area contributed by atoms with Crippen molar-refractivity contribution in [3.05, 3.63) is 42.0 Å². The van der Waals surface area contributed by atoms with Crippen LogP contribution < -0.4 is 5.73 Å². The van der Waals surface area contributed by atoms with Crippen molar-refractivity contribution in [2.24, 2.45) is 7.05 Å². The summed E-state index contributed by atoms with van der Waals surface area (Å²) in [6, 6.07) is 6.38. The first-order valence-corrected chi connectivity index (χ1v) is 5.53. The van der Waals surface area contributed by atoms with E-state index in [1.54, 1.807) is 16.9 Å². The standard InChI is InChI=1S/C12H12FN5/c1-17-9(4-5-15-17)7-18-11-3-2-8(13)6-10(11)16-12(18)14/h2-6H,7H2,1H3,(H2,14,16). The zero-order valence-electron chi connectivity index (χ0n) is 9.84. The number of nitrogens with zero attached hydrogens (tertiary/aromatic N) is 4. The molecule has 0 aliphatic heterocycles. The first-order chi connectivity index (χ1) is 8.65. The van der Waals surface area contributed by atoms with Crippen LogP contribution in [0.4, 0.5) is 10.3 Å². The van der Waals surface area contributed by atoms with Crippen LogP contribution in [0.2, 0.25) is 0 Å². The van der Waals surface area contributed by atoms with E-state index >= 15 is 0 Å². The van der Waals surface area contributed by atoms with Gasteiger partial charge in [-0.25, -0.2) is 9.37 Å². The predicted octanol–water partition coefficient (Wildman–Crippen LogP) is 1.54. The molecule has 18 heavy (non-hydrogen) atoms. The van der Waals surface area contributed by atoms with E-state index in [1.807, 2.05) is 17.7 Å². The molecule has 0 spiro atoms. The Hall–Kier alpha value is -2.37. The topological polar surface area (TPSA) is 61.7 Å². The number of hydrogen-bond donors (Lipinski definition) is 1. The van der Waals surface area contributed by atoms with Crippen LogP contribution in [0.1, 0.15) is 5.69 Å². The lowest BCUT2D eigenvalue weighted by atomic mass is 10.3. The van der Waals surface area contributed by atoms with Gasteiger partial charge in [0.1, 0.15) is 5.82 Å². The number of fused-ring (bicyclic) bond motifs is 1. The molecule has 5 nitrogen and oxygen atoms in total. The van der Waals surface area contributed by atoms with E-state index in [2.05, 4.69) is 10.1 Å². The van der Waals surface area contributed by atoms with E-state index < -0.39 is 0 Å². The molecule has 2 heterocycles. The summed E-state index contributed by atoms with van der Waals surface area (Å²) < 4.78 is 16.7. The molecule has 3 rings (SSSR count). The SMILES string of the molecule is Cn1nccc1Cn1c(N)nc2cc(F)ccc21. The quantitative estimate of drug-likeness (QED) is 0.745. The van der Waals surface area contributed by atoms with E-state index in [9.17, 15) is 4.39 Å². The second-order valence-corrected chi connectivity index (χ2v) is 4.14. The van der Waals surface area contributed by atoms with Gasteiger partial charge in [0.2, 0.25) is 5.95 Å². The van der Waals surface area contributed by atoms with Crippen molar-refractivity contribution in [3.8, 4) is 0 Å². The van der Waals surface area contributed by atoms with Crippen molar-refractivity contribution in [3.63, 3.8) is 0 Å². The maximum Gasteiger partial charge on any atom is 0.201 e. The van der Waals surface area contributed by atoms with Crippen LogP contribution in [0.15, 0.2) is 30.5 Å². The molecule has 2 N–H and O–H groups in total. The second-order valence-electron chi connectivity index (χ2n) is 4.14. The van der Waals surface area contributed by atoms with Crippen LogP contribution >= 0.6 is 0 Å². The number of aromatic nitrogens is 4. The summed E-state index contributed by atoms with van der Waals surface area (Å²) >= 11 is 0. The molecule has 0 aliphatic carbocycles. The fourth-order valence-corrected chi connectivity index (χ4v) is 2.01. The molecule has 3 aromatic rings. The van der Waals surface area contributed by atoms with Gasteiger partial charge in [-0.05, 0) is 18.2 Å². The monoisotopic (exact) mass is 245 g/mol. The third kappa shape index (κ3) is 1.62. The van der Waals surface area contributed by atoms with E-state index in [0.29, 0.717) is 18.0 Å². The van der Waals surface area contributed by atoms with Gasteiger partial charge in [-0.3, -0.25) is 4.68 Å². The molecule has 0 saturated carbocycles. The summed E-state index contributed by atoms with van der Waals surface area (Å²) in [4.78, 5) is 4.16. The first-order valence-electron chi connectivity index (χ1n) is 5.53. The minimum absolute atomic E-state index is 0.312. The van der Waals surface area contributed by atoms with Gasteiger partial charge in [0.15, 0.2) is 0 Å². The minimum atomic E-state index is -0.312. The van der Waals surface area contributed by atoms with Crippen LogP contribution in [0, 0.1) is 5.82 Å². The Bertz CT molecular complexity index is 712. The lowest BCUT2D eigenvalue weighted by Crippen LogP contribution is -2.08. The van der Waals surface area contributed by atoms with Crippen LogP contribution in [0.5, 0.6) is 0 Å². The zero-order valence-corrected chi connectivity index (χ0v) is 9.84. The molecule has 0 radical (unpaired) electrons. The minimum Gasteiger partial charge on any atom is -0.369 e. The van der Waals surface area contributed by atoms with Crippen molar-refractivity contribution >= 4 is 17.0 Å². The summed E-state index contributed by atoms with van der Waals surface area (Å²) in [7, 11) is 1.87. The summed E-state index contributed by atoms with van der Waals surface area (Å²) in [6.45, 7) is 0.560. The van der Waals surface area contributed by atoms with Gasteiger partial charge in [-0.1, -0.05) is 0 Å². The number of nitrogen functional groups attached to an aromatic ring is 1. The molecule has 6 heteroatoms. The maximum atomic E-state index is 13.1. The van der Waals surface area contributed by atoms with Crippen LogP contribution in [-0.4, -0.2) is 19.3 Å². The molecule has 0 saturated heterocycles. The maximum absolute atomic E-state index is 13.1. The van der Waals surface area contributed by atoms with Crippen LogP contribution in [0.25, 0.3) is 11.0 Å². The Morgan fingerprint density at radius 2 is 2.17 bits per heavy atom. The highest BCUT2D eigenvalue weighted by atomic mass is 19.1. The number of nitrogens with two attached hydrogens (primary N) is 1. The molecule has 92 valence electrons. The molecule has 0 atom stereocenters. The Labute approximate surface area is 103 Å². The highest BCUT2D eigenvalue weighted by Gasteiger charge is 2.10. The molecule has 0 bridgehead atoms. The second kappa shape index (κ2) is 3.83. The normalized spacial score (nSPS) is 11.2. The summed E-state index contributed by atoms with van der Waals surface area (Å²) in [5, 5.41) is 4.10. The number of anilines is 1. The summed E-state index contributed by atoms with van der Waals surface area (Å²) in [5.41, 5.74) is 8.25. The number of aryl methyl sites for hydroxylation is 1. The van der Waals surface area contributed by atoms with Gasteiger partial charge in [-0.15, -0.1) is 0 Å². The fourth-order valence-electron chi connectivity index (χ4n) is 2.01. The zero-order chi connectivity index (χ0) is 12.7. The van der Waals surface area contributed by atoms with Gasteiger partial charge in [-0.2, -0.15) is 5.10 Å². The Morgan fingerprint density at radius 1 is 1.33 bits per heavy atom. The van der Waals surface area contributed by atoms with Crippen molar-refractivity contribution in [1.29, 1.82) is 0 Å². The van der Waals surface area contributed by atoms with Gasteiger partial charge in [0, 0.05) is 19.3 Å². The largest absolute Gasteiger partial charge is 0.369 e. The smallest absolute Gasteiger partial charge is 0.201 e. The van der Waals surface area contributed by atoms with E-state index in [1.165, 1.54) is 12.1 Å². The summed E-state index contributed by atoms with van der Waals surface area (Å²) in [6.07, 6.45) is 1.73. The van der Waals surface area contributed by atoms with E-state index in [0.717, 1.165) is 11.2 Å². The van der Waals surface area contributed by atoms with Crippen molar-refractivity contribution < 1.29 is 4.39 Å². The molecule has 0 aliphatic rings. The molecule has 0 amide bonds. The highest BCUT2D eigenvalue weighted by Crippen LogP contribution is 2.20. The number of hydrogen-bond acceptors (Lipinski definition) is 3. The lowest BCUT2D eigenvalue weighted by Gasteiger charge is -2.06. The molecule has 0 unspecified atom stereocenters. The lowest BCUT2D eigenvalue weighted by molar-refractivity contribution is 0.629. The van der Waals surface area contributed by atoms with Gasteiger partial charge >= 0.3 is 0 Å². The Morgan fingerprint density at radius 3 is 2.89 bits per heavy atom. The van der Waals surface area contributed by atoms with Crippen molar-refractivity contribution in [1.82, 2.24) is 19.3 Å². The van der Waals surface area contributed by atoms with Crippen molar-refractivity contribution in [2.75, 3.05) is 5.73 Å². The van der Waals surface area contributed by atoms with E-state index in [-0.39, 0.29) is 5.82 Å². The molecule has 1 aromatic carbocycles.